The van der Waals surface area contributed by atoms with Gasteiger partial charge in [-0.2, -0.15) is 11.3 Å². The largest absolute Gasteiger partial charge is 0.495 e. The highest BCUT2D eigenvalue weighted by Crippen LogP contribution is 2.48. The van der Waals surface area contributed by atoms with E-state index in [-0.39, 0.29) is 16.1 Å². The standard InChI is InChI=1S/C15H16ClNO3S2/c1-20-13-3-2-12(16)8-14(13)22(18,19)17-10-15(5-6-15)11-4-7-21-9-11/h2-4,7-9,17H,5-6,10H2,1H3. The first-order valence-corrected chi connectivity index (χ1v) is 9.63. The van der Waals surface area contributed by atoms with Gasteiger partial charge in [0.2, 0.25) is 10.0 Å². The molecule has 0 saturated heterocycles. The maximum Gasteiger partial charge on any atom is 0.244 e. The van der Waals surface area contributed by atoms with E-state index >= 15 is 0 Å². The van der Waals surface area contributed by atoms with Gasteiger partial charge in [0.05, 0.1) is 7.11 Å². The van der Waals surface area contributed by atoms with Crippen LogP contribution in [0, 0.1) is 0 Å². The first-order chi connectivity index (χ1) is 10.5. The molecule has 118 valence electrons. The van der Waals surface area contributed by atoms with Gasteiger partial charge in [0.15, 0.2) is 0 Å². The minimum Gasteiger partial charge on any atom is -0.495 e. The number of thiophene rings is 1. The first kappa shape index (κ1) is 15.8. The molecule has 22 heavy (non-hydrogen) atoms. The van der Waals surface area contributed by atoms with E-state index < -0.39 is 10.0 Å². The molecular formula is C15H16ClNO3S2. The van der Waals surface area contributed by atoms with Crippen LogP contribution in [0.4, 0.5) is 0 Å². The van der Waals surface area contributed by atoms with Crippen LogP contribution in [0.15, 0.2) is 39.9 Å². The van der Waals surface area contributed by atoms with Crippen molar-refractivity contribution in [3.05, 3.63) is 45.6 Å². The fraction of sp³-hybridized carbons (Fsp3) is 0.333. The van der Waals surface area contributed by atoms with Crippen LogP contribution in [0.1, 0.15) is 18.4 Å². The number of nitrogens with one attached hydrogen (secondary N) is 1. The molecule has 1 aromatic heterocycles. The lowest BCUT2D eigenvalue weighted by Gasteiger charge is -2.16. The fourth-order valence-electron chi connectivity index (χ4n) is 2.46. The van der Waals surface area contributed by atoms with Gasteiger partial charge in [-0.25, -0.2) is 13.1 Å². The lowest BCUT2D eigenvalue weighted by atomic mass is 10.0. The summed E-state index contributed by atoms with van der Waals surface area (Å²) < 4.78 is 33.0. The van der Waals surface area contributed by atoms with Crippen molar-refractivity contribution in [2.45, 2.75) is 23.2 Å². The Morgan fingerprint density at radius 2 is 2.14 bits per heavy atom. The number of rotatable bonds is 6. The summed E-state index contributed by atoms with van der Waals surface area (Å²) in [5.74, 6) is 0.289. The van der Waals surface area contributed by atoms with Gasteiger partial charge in [-0.15, -0.1) is 0 Å². The third-order valence-electron chi connectivity index (χ3n) is 4.00. The second kappa shape index (κ2) is 5.85. The molecule has 4 nitrogen and oxygen atoms in total. The zero-order chi connectivity index (χ0) is 15.8. The van der Waals surface area contributed by atoms with Crippen molar-refractivity contribution in [1.29, 1.82) is 0 Å². The average molecular weight is 358 g/mol. The fourth-order valence-corrected chi connectivity index (χ4v) is 4.79. The summed E-state index contributed by atoms with van der Waals surface area (Å²) in [5.41, 5.74) is 1.15. The van der Waals surface area contributed by atoms with Gasteiger partial charge >= 0.3 is 0 Å². The molecule has 1 saturated carbocycles. The monoisotopic (exact) mass is 357 g/mol. The Hall–Kier alpha value is -1.08. The average Bonchev–Trinajstić information content (AvgIpc) is 3.09. The van der Waals surface area contributed by atoms with Gasteiger partial charge in [0, 0.05) is 17.0 Å². The van der Waals surface area contributed by atoms with Crippen molar-refractivity contribution in [3.8, 4) is 5.75 Å². The second-order valence-electron chi connectivity index (χ2n) is 5.41. The van der Waals surface area contributed by atoms with Gasteiger partial charge < -0.3 is 4.74 Å². The number of ether oxygens (including phenoxy) is 1. The minimum absolute atomic E-state index is 0.0567. The van der Waals surface area contributed by atoms with Crippen molar-refractivity contribution in [2.24, 2.45) is 0 Å². The number of benzene rings is 1. The summed E-state index contributed by atoms with van der Waals surface area (Å²) in [7, 11) is -2.23. The van der Waals surface area contributed by atoms with Crippen LogP contribution < -0.4 is 9.46 Å². The Morgan fingerprint density at radius 3 is 2.73 bits per heavy atom. The predicted octanol–water partition coefficient (Wildman–Crippen LogP) is 3.42. The Bertz CT molecular complexity index is 768. The molecular weight excluding hydrogens is 342 g/mol. The molecule has 3 rings (SSSR count). The quantitative estimate of drug-likeness (QED) is 0.861. The smallest absolute Gasteiger partial charge is 0.244 e. The van der Waals surface area contributed by atoms with E-state index in [4.69, 9.17) is 16.3 Å². The van der Waals surface area contributed by atoms with Crippen molar-refractivity contribution < 1.29 is 13.2 Å². The van der Waals surface area contributed by atoms with Gasteiger partial charge in [0.1, 0.15) is 10.6 Å². The molecule has 0 unspecified atom stereocenters. The summed E-state index contributed by atoms with van der Waals surface area (Å²) in [5, 5.41) is 4.46. The Labute approximate surface area is 139 Å². The number of hydrogen-bond donors (Lipinski definition) is 1. The lowest BCUT2D eigenvalue weighted by molar-refractivity contribution is 0.402. The zero-order valence-electron chi connectivity index (χ0n) is 12.0. The maximum atomic E-state index is 12.6. The Balaban J connectivity index is 1.82. The van der Waals surface area contributed by atoms with E-state index in [1.54, 1.807) is 23.5 Å². The molecule has 0 aliphatic heterocycles. The molecule has 1 aromatic carbocycles. The third-order valence-corrected chi connectivity index (χ3v) is 6.34. The highest BCUT2D eigenvalue weighted by atomic mass is 35.5. The van der Waals surface area contributed by atoms with E-state index in [0.717, 1.165) is 12.8 Å². The van der Waals surface area contributed by atoms with E-state index in [2.05, 4.69) is 16.2 Å². The first-order valence-electron chi connectivity index (χ1n) is 6.83. The highest BCUT2D eigenvalue weighted by molar-refractivity contribution is 7.89. The molecule has 1 N–H and O–H groups in total. The van der Waals surface area contributed by atoms with Crippen molar-refractivity contribution in [2.75, 3.05) is 13.7 Å². The molecule has 0 bridgehead atoms. The van der Waals surface area contributed by atoms with Crippen LogP contribution in [0.2, 0.25) is 5.02 Å². The van der Waals surface area contributed by atoms with Crippen LogP contribution in [0.3, 0.4) is 0 Å². The van der Waals surface area contributed by atoms with Gasteiger partial charge in [0.25, 0.3) is 0 Å². The van der Waals surface area contributed by atoms with Gasteiger partial charge in [-0.3, -0.25) is 0 Å². The summed E-state index contributed by atoms with van der Waals surface area (Å²) in [4.78, 5) is 0.0728. The summed E-state index contributed by atoms with van der Waals surface area (Å²) in [6.45, 7) is 0.391. The molecule has 1 aliphatic rings. The molecule has 0 amide bonds. The maximum absolute atomic E-state index is 12.6. The summed E-state index contributed by atoms with van der Waals surface area (Å²) >= 11 is 7.55. The molecule has 0 radical (unpaired) electrons. The summed E-state index contributed by atoms with van der Waals surface area (Å²) in [6, 6.07) is 6.63. The SMILES string of the molecule is COc1ccc(Cl)cc1S(=O)(=O)NCC1(c2ccsc2)CC1. The third kappa shape index (κ3) is 3.01. The molecule has 1 aliphatic carbocycles. The van der Waals surface area contributed by atoms with Crippen molar-refractivity contribution in [1.82, 2.24) is 4.72 Å². The summed E-state index contributed by atoms with van der Waals surface area (Å²) in [6.07, 6.45) is 2.00. The number of sulfonamides is 1. The second-order valence-corrected chi connectivity index (χ2v) is 8.36. The topological polar surface area (TPSA) is 55.4 Å². The van der Waals surface area contributed by atoms with Crippen LogP contribution in [-0.4, -0.2) is 22.1 Å². The van der Waals surface area contributed by atoms with E-state index in [9.17, 15) is 8.42 Å². The number of hydrogen-bond acceptors (Lipinski definition) is 4. The molecule has 0 atom stereocenters. The van der Waals surface area contributed by atoms with Gasteiger partial charge in [-0.05, 0) is 53.4 Å². The van der Waals surface area contributed by atoms with E-state index in [1.165, 1.54) is 18.7 Å². The normalized spacial score (nSPS) is 16.5. The van der Waals surface area contributed by atoms with Crippen molar-refractivity contribution in [3.63, 3.8) is 0 Å². The highest BCUT2D eigenvalue weighted by Gasteiger charge is 2.45. The van der Waals surface area contributed by atoms with E-state index in [1.807, 2.05) is 5.38 Å². The Morgan fingerprint density at radius 1 is 1.36 bits per heavy atom. The van der Waals surface area contributed by atoms with Crippen molar-refractivity contribution >= 4 is 33.0 Å². The zero-order valence-corrected chi connectivity index (χ0v) is 14.4. The number of halogens is 1. The molecule has 7 heteroatoms. The number of methoxy groups -OCH3 is 1. The predicted molar refractivity (Wildman–Crippen MR) is 88.4 cm³/mol. The molecule has 1 heterocycles. The lowest BCUT2D eigenvalue weighted by Crippen LogP contribution is -2.32. The molecule has 1 fully saturated rings. The Kier molecular flexibility index (Phi) is 4.20. The molecule has 0 spiro atoms. The van der Waals surface area contributed by atoms with Crippen LogP contribution in [-0.2, 0) is 15.4 Å². The van der Waals surface area contributed by atoms with Crippen LogP contribution in [0.5, 0.6) is 5.75 Å². The van der Waals surface area contributed by atoms with Crippen LogP contribution in [0.25, 0.3) is 0 Å². The van der Waals surface area contributed by atoms with Gasteiger partial charge in [-0.1, -0.05) is 11.6 Å². The van der Waals surface area contributed by atoms with E-state index in [0.29, 0.717) is 11.6 Å². The minimum atomic E-state index is -3.67. The molecule has 2 aromatic rings. The van der Waals surface area contributed by atoms with Crippen LogP contribution >= 0.6 is 22.9 Å².